The smallest absolute Gasteiger partial charge is 0.0409 e. The van der Waals surface area contributed by atoms with E-state index in [1.54, 1.807) is 0 Å². The second-order valence-corrected chi connectivity index (χ2v) is 7.83. The van der Waals surface area contributed by atoms with Crippen molar-refractivity contribution in [2.24, 2.45) is 5.92 Å². The molecule has 1 heteroatoms. The SMILES string of the molecule is CNc1c(Cc2ccccc2)cc(Cc2ccccc2)cc1C(C)C(C)C. The Morgan fingerprint density at radius 3 is 1.78 bits per heavy atom. The van der Waals surface area contributed by atoms with Crippen LogP contribution in [0.25, 0.3) is 0 Å². The highest BCUT2D eigenvalue weighted by molar-refractivity contribution is 5.62. The van der Waals surface area contributed by atoms with Crippen molar-refractivity contribution in [3.05, 3.63) is 101 Å². The van der Waals surface area contributed by atoms with Gasteiger partial charge in [-0.3, -0.25) is 0 Å². The van der Waals surface area contributed by atoms with Gasteiger partial charge in [0.1, 0.15) is 0 Å². The van der Waals surface area contributed by atoms with Crippen LogP contribution in [0.2, 0.25) is 0 Å². The van der Waals surface area contributed by atoms with Gasteiger partial charge in [0.2, 0.25) is 0 Å². The summed E-state index contributed by atoms with van der Waals surface area (Å²) in [5.74, 6) is 1.12. The van der Waals surface area contributed by atoms with Crippen LogP contribution < -0.4 is 5.32 Å². The number of rotatable bonds is 7. The molecule has 140 valence electrons. The average molecular weight is 358 g/mol. The van der Waals surface area contributed by atoms with Gasteiger partial charge in [-0.05, 0) is 52.5 Å². The second-order valence-electron chi connectivity index (χ2n) is 7.83. The van der Waals surface area contributed by atoms with Crippen LogP contribution in [0.3, 0.4) is 0 Å². The average Bonchev–Trinajstić information content (AvgIpc) is 2.68. The summed E-state index contributed by atoms with van der Waals surface area (Å²) in [5.41, 5.74) is 8.24. The molecule has 0 radical (unpaired) electrons. The van der Waals surface area contributed by atoms with E-state index in [9.17, 15) is 0 Å². The number of hydrogen-bond donors (Lipinski definition) is 1. The maximum absolute atomic E-state index is 3.51. The van der Waals surface area contributed by atoms with Crippen LogP contribution in [0, 0.1) is 5.92 Å². The zero-order chi connectivity index (χ0) is 19.2. The summed E-state index contributed by atoms with van der Waals surface area (Å²) in [6, 6.07) is 26.3. The topological polar surface area (TPSA) is 12.0 Å². The molecule has 0 aliphatic heterocycles. The summed E-state index contributed by atoms with van der Waals surface area (Å²) in [7, 11) is 2.05. The van der Waals surface area contributed by atoms with Crippen molar-refractivity contribution in [2.45, 2.75) is 39.5 Å². The fourth-order valence-electron chi connectivity index (χ4n) is 3.71. The van der Waals surface area contributed by atoms with Crippen molar-refractivity contribution in [2.75, 3.05) is 12.4 Å². The quantitative estimate of drug-likeness (QED) is 0.498. The Balaban J connectivity index is 2.05. The molecule has 0 aliphatic carbocycles. The molecule has 0 aromatic heterocycles. The van der Waals surface area contributed by atoms with Crippen LogP contribution in [-0.4, -0.2) is 7.05 Å². The predicted octanol–water partition coefficient (Wildman–Crippen LogP) is 6.67. The zero-order valence-electron chi connectivity index (χ0n) is 17.0. The zero-order valence-corrected chi connectivity index (χ0v) is 17.0. The third kappa shape index (κ3) is 4.80. The van der Waals surface area contributed by atoms with Crippen molar-refractivity contribution in [3.63, 3.8) is 0 Å². The van der Waals surface area contributed by atoms with Gasteiger partial charge >= 0.3 is 0 Å². The van der Waals surface area contributed by atoms with E-state index in [2.05, 4.69) is 106 Å². The lowest BCUT2D eigenvalue weighted by molar-refractivity contribution is 0.535. The largest absolute Gasteiger partial charge is 0.388 e. The number of benzene rings is 3. The first-order valence-electron chi connectivity index (χ1n) is 9.99. The molecule has 0 fully saturated rings. The minimum Gasteiger partial charge on any atom is -0.388 e. The van der Waals surface area contributed by atoms with E-state index < -0.39 is 0 Å². The Bertz CT molecular complexity index is 850. The minimum atomic E-state index is 0.512. The van der Waals surface area contributed by atoms with Gasteiger partial charge in [0, 0.05) is 12.7 Å². The van der Waals surface area contributed by atoms with Gasteiger partial charge < -0.3 is 5.32 Å². The maximum atomic E-state index is 3.51. The van der Waals surface area contributed by atoms with E-state index in [1.165, 1.54) is 33.5 Å². The summed E-state index contributed by atoms with van der Waals surface area (Å²) < 4.78 is 0. The Labute approximate surface area is 164 Å². The van der Waals surface area contributed by atoms with E-state index in [0.29, 0.717) is 11.8 Å². The number of anilines is 1. The molecular weight excluding hydrogens is 326 g/mol. The third-order valence-electron chi connectivity index (χ3n) is 5.54. The van der Waals surface area contributed by atoms with Crippen molar-refractivity contribution < 1.29 is 0 Å². The molecule has 3 rings (SSSR count). The minimum absolute atomic E-state index is 0.512. The Hall–Kier alpha value is -2.54. The molecule has 1 nitrogen and oxygen atoms in total. The van der Waals surface area contributed by atoms with Gasteiger partial charge in [0.05, 0.1) is 0 Å². The molecule has 27 heavy (non-hydrogen) atoms. The highest BCUT2D eigenvalue weighted by atomic mass is 14.8. The van der Waals surface area contributed by atoms with E-state index in [-0.39, 0.29) is 0 Å². The Kier molecular flexibility index (Phi) is 6.34. The fraction of sp³-hybridized carbons (Fsp3) is 0.308. The van der Waals surface area contributed by atoms with E-state index in [0.717, 1.165) is 12.8 Å². The first-order valence-corrected chi connectivity index (χ1v) is 9.99. The molecule has 0 heterocycles. The van der Waals surface area contributed by atoms with Gasteiger partial charge in [-0.15, -0.1) is 0 Å². The molecule has 0 amide bonds. The molecule has 0 spiro atoms. The summed E-state index contributed by atoms with van der Waals surface area (Å²) in [4.78, 5) is 0. The van der Waals surface area contributed by atoms with Crippen molar-refractivity contribution >= 4 is 5.69 Å². The second kappa shape index (κ2) is 8.90. The monoisotopic (exact) mass is 357 g/mol. The van der Waals surface area contributed by atoms with Gasteiger partial charge in [-0.1, -0.05) is 93.6 Å². The van der Waals surface area contributed by atoms with E-state index in [1.807, 2.05) is 0 Å². The Morgan fingerprint density at radius 2 is 1.26 bits per heavy atom. The van der Waals surface area contributed by atoms with Crippen molar-refractivity contribution in [1.82, 2.24) is 0 Å². The third-order valence-corrected chi connectivity index (χ3v) is 5.54. The molecule has 0 bridgehead atoms. The van der Waals surface area contributed by atoms with Crippen LogP contribution in [0.5, 0.6) is 0 Å². The van der Waals surface area contributed by atoms with Crippen LogP contribution in [0.15, 0.2) is 72.8 Å². The molecule has 0 aliphatic rings. The van der Waals surface area contributed by atoms with E-state index >= 15 is 0 Å². The van der Waals surface area contributed by atoms with Crippen LogP contribution in [0.1, 0.15) is 54.5 Å². The van der Waals surface area contributed by atoms with Gasteiger partial charge in [-0.2, -0.15) is 0 Å². The molecule has 1 unspecified atom stereocenters. The predicted molar refractivity (Wildman–Crippen MR) is 118 cm³/mol. The summed E-state index contributed by atoms with van der Waals surface area (Å²) >= 11 is 0. The molecular formula is C26H31N. The van der Waals surface area contributed by atoms with Crippen LogP contribution >= 0.6 is 0 Å². The summed E-state index contributed by atoms with van der Waals surface area (Å²) in [6.45, 7) is 6.97. The molecule has 3 aromatic rings. The first kappa shape index (κ1) is 19.2. The number of nitrogens with one attached hydrogen (secondary N) is 1. The summed E-state index contributed by atoms with van der Waals surface area (Å²) in [5, 5.41) is 3.51. The van der Waals surface area contributed by atoms with Gasteiger partial charge in [-0.25, -0.2) is 0 Å². The highest BCUT2D eigenvalue weighted by Gasteiger charge is 2.18. The highest BCUT2D eigenvalue weighted by Crippen LogP contribution is 2.35. The van der Waals surface area contributed by atoms with Gasteiger partial charge in [0.25, 0.3) is 0 Å². The Morgan fingerprint density at radius 1 is 0.704 bits per heavy atom. The lowest BCUT2D eigenvalue weighted by atomic mass is 9.84. The van der Waals surface area contributed by atoms with Crippen molar-refractivity contribution in [3.8, 4) is 0 Å². The molecule has 1 atom stereocenters. The normalized spacial score (nSPS) is 12.2. The molecule has 0 saturated carbocycles. The first-order chi connectivity index (χ1) is 13.1. The lowest BCUT2D eigenvalue weighted by Crippen LogP contribution is -2.10. The van der Waals surface area contributed by atoms with E-state index in [4.69, 9.17) is 0 Å². The van der Waals surface area contributed by atoms with Crippen LogP contribution in [0.4, 0.5) is 5.69 Å². The molecule has 1 N–H and O–H groups in total. The fourth-order valence-corrected chi connectivity index (χ4v) is 3.71. The number of hydrogen-bond acceptors (Lipinski definition) is 1. The van der Waals surface area contributed by atoms with Crippen LogP contribution in [-0.2, 0) is 12.8 Å². The lowest BCUT2D eigenvalue weighted by Gasteiger charge is -2.24. The maximum Gasteiger partial charge on any atom is 0.0409 e. The summed E-state index contributed by atoms with van der Waals surface area (Å²) in [6.07, 6.45) is 1.93. The molecule has 0 saturated heterocycles. The van der Waals surface area contributed by atoms with Gasteiger partial charge in [0.15, 0.2) is 0 Å². The standard InChI is InChI=1S/C26H31N/c1-19(2)20(3)25-18-23(15-21-11-7-5-8-12-21)17-24(26(25)27-4)16-22-13-9-6-10-14-22/h5-14,17-20,27H,15-16H2,1-4H3. The van der Waals surface area contributed by atoms with Crippen molar-refractivity contribution in [1.29, 1.82) is 0 Å². The molecule has 3 aromatic carbocycles.